The average Bonchev–Trinajstić information content (AvgIpc) is 2.64. The first-order valence-corrected chi connectivity index (χ1v) is 9.64. The Morgan fingerprint density at radius 1 is 1.17 bits per heavy atom. The zero-order chi connectivity index (χ0) is 21.5. The molecule has 3 rings (SSSR count). The molecule has 0 aliphatic rings. The van der Waals surface area contributed by atoms with Crippen LogP contribution in [0.5, 0.6) is 5.75 Å². The van der Waals surface area contributed by atoms with Gasteiger partial charge in [-0.15, -0.1) is 0 Å². The average molecular weight is 415 g/mol. The molecule has 1 heterocycles. The minimum absolute atomic E-state index is 0.0340. The van der Waals surface area contributed by atoms with E-state index in [1.807, 2.05) is 31.2 Å². The number of carbonyl (C=O) groups is 1. The molecular formula is C23H23ClO5. The Bertz CT molecular complexity index is 1140. The molecule has 0 bridgehead atoms. The van der Waals surface area contributed by atoms with Crippen LogP contribution in [0.25, 0.3) is 22.3 Å². The van der Waals surface area contributed by atoms with Crippen molar-refractivity contribution in [3.05, 3.63) is 62.8 Å². The van der Waals surface area contributed by atoms with Crippen molar-refractivity contribution in [2.24, 2.45) is 0 Å². The SMILES string of the molecule is Cc1cc2oc(-c3ccc(C(C)(C)C)cc3)c(O[C@H](C)C(=O)O)c(=O)c2cc1Cl. The standard InChI is InChI=1S/C23H23ClO5/c1-12-10-18-16(11-17(12)24)19(25)21(28-13(2)22(26)27)20(29-18)14-6-8-15(9-7-14)23(3,4)5/h6-11,13H,1-5H3,(H,26,27)/t13-/m1/s1. The van der Waals surface area contributed by atoms with Crippen LogP contribution >= 0.6 is 11.6 Å². The van der Waals surface area contributed by atoms with Crippen molar-refractivity contribution >= 4 is 28.5 Å². The Labute approximate surface area is 173 Å². The topological polar surface area (TPSA) is 76.7 Å². The Morgan fingerprint density at radius 2 is 1.79 bits per heavy atom. The molecule has 1 N–H and O–H groups in total. The summed E-state index contributed by atoms with van der Waals surface area (Å²) < 4.78 is 11.5. The lowest BCUT2D eigenvalue weighted by atomic mass is 9.86. The van der Waals surface area contributed by atoms with Gasteiger partial charge in [0, 0.05) is 10.6 Å². The van der Waals surface area contributed by atoms with E-state index in [2.05, 4.69) is 20.8 Å². The summed E-state index contributed by atoms with van der Waals surface area (Å²) in [5.74, 6) is -1.13. The predicted octanol–water partition coefficient (Wildman–Crippen LogP) is 5.57. The molecule has 0 saturated heterocycles. The van der Waals surface area contributed by atoms with Crippen LogP contribution in [-0.2, 0) is 10.2 Å². The van der Waals surface area contributed by atoms with Crippen LogP contribution in [0.15, 0.2) is 45.6 Å². The van der Waals surface area contributed by atoms with E-state index >= 15 is 0 Å². The van der Waals surface area contributed by atoms with Crippen LogP contribution in [0, 0.1) is 6.92 Å². The molecule has 0 fully saturated rings. The summed E-state index contributed by atoms with van der Waals surface area (Å²) in [5, 5.41) is 9.90. The number of carboxylic acid groups (broad SMARTS) is 1. The third-order valence-corrected chi connectivity index (χ3v) is 5.19. The summed E-state index contributed by atoms with van der Waals surface area (Å²) in [6.07, 6.45) is -1.22. The molecule has 2 aromatic carbocycles. The van der Waals surface area contributed by atoms with Crippen LogP contribution in [0.4, 0.5) is 0 Å². The monoisotopic (exact) mass is 414 g/mol. The van der Waals surface area contributed by atoms with E-state index in [0.717, 1.165) is 11.1 Å². The Hall–Kier alpha value is -2.79. The highest BCUT2D eigenvalue weighted by atomic mass is 35.5. The number of fused-ring (bicyclic) bond motifs is 1. The van der Waals surface area contributed by atoms with Crippen LogP contribution in [0.1, 0.15) is 38.8 Å². The van der Waals surface area contributed by atoms with Gasteiger partial charge in [-0.05, 0) is 42.5 Å². The molecule has 0 aliphatic carbocycles. The van der Waals surface area contributed by atoms with E-state index in [9.17, 15) is 14.7 Å². The maximum absolute atomic E-state index is 13.1. The van der Waals surface area contributed by atoms with E-state index in [4.69, 9.17) is 20.8 Å². The predicted molar refractivity (Wildman–Crippen MR) is 114 cm³/mol. The fourth-order valence-electron chi connectivity index (χ4n) is 2.94. The van der Waals surface area contributed by atoms with Gasteiger partial charge in [0.25, 0.3) is 0 Å². The largest absolute Gasteiger partial charge is 0.479 e. The first-order valence-electron chi connectivity index (χ1n) is 9.26. The molecule has 152 valence electrons. The molecule has 0 aliphatic heterocycles. The lowest BCUT2D eigenvalue weighted by Gasteiger charge is -2.19. The van der Waals surface area contributed by atoms with Gasteiger partial charge in [-0.1, -0.05) is 56.6 Å². The molecular weight excluding hydrogens is 392 g/mol. The fraction of sp³-hybridized carbons (Fsp3) is 0.304. The molecule has 6 heteroatoms. The third kappa shape index (κ3) is 4.15. The highest BCUT2D eigenvalue weighted by molar-refractivity contribution is 6.32. The summed E-state index contributed by atoms with van der Waals surface area (Å²) in [5.41, 5.74) is 2.38. The van der Waals surface area contributed by atoms with E-state index < -0.39 is 17.5 Å². The summed E-state index contributed by atoms with van der Waals surface area (Å²) >= 11 is 6.17. The van der Waals surface area contributed by atoms with Gasteiger partial charge >= 0.3 is 5.97 Å². The van der Waals surface area contributed by atoms with Gasteiger partial charge in [0.05, 0.1) is 5.39 Å². The molecule has 0 unspecified atom stereocenters. The second-order valence-electron chi connectivity index (χ2n) is 8.11. The molecule has 5 nitrogen and oxygen atoms in total. The van der Waals surface area contributed by atoms with Crippen molar-refractivity contribution < 1.29 is 19.1 Å². The van der Waals surface area contributed by atoms with Gasteiger partial charge in [0.2, 0.25) is 11.2 Å². The first-order chi connectivity index (χ1) is 13.5. The molecule has 1 atom stereocenters. The quantitative estimate of drug-likeness (QED) is 0.603. The van der Waals surface area contributed by atoms with Crippen molar-refractivity contribution in [2.75, 3.05) is 0 Å². The fourth-order valence-corrected chi connectivity index (χ4v) is 3.11. The first kappa shape index (κ1) is 20.9. The number of benzene rings is 2. The minimum Gasteiger partial charge on any atom is -0.479 e. The molecule has 3 aromatic rings. The van der Waals surface area contributed by atoms with Gasteiger partial charge in [0.15, 0.2) is 11.9 Å². The zero-order valence-electron chi connectivity index (χ0n) is 17.0. The number of rotatable bonds is 4. The van der Waals surface area contributed by atoms with Gasteiger partial charge in [-0.2, -0.15) is 0 Å². The third-order valence-electron chi connectivity index (χ3n) is 4.79. The van der Waals surface area contributed by atoms with E-state index in [1.165, 1.54) is 13.0 Å². The van der Waals surface area contributed by atoms with Crippen LogP contribution in [0.3, 0.4) is 0 Å². The molecule has 0 amide bonds. The van der Waals surface area contributed by atoms with Crippen molar-refractivity contribution in [2.45, 2.75) is 46.1 Å². The van der Waals surface area contributed by atoms with Gasteiger partial charge in [0.1, 0.15) is 5.58 Å². The van der Waals surface area contributed by atoms with Crippen LogP contribution in [0.2, 0.25) is 5.02 Å². The molecule has 0 spiro atoms. The van der Waals surface area contributed by atoms with Gasteiger partial charge in [-0.3, -0.25) is 4.79 Å². The normalized spacial score (nSPS) is 12.8. The Kier molecular flexibility index (Phi) is 5.46. The number of halogens is 1. The van der Waals surface area contributed by atoms with Crippen LogP contribution in [-0.4, -0.2) is 17.2 Å². The summed E-state index contributed by atoms with van der Waals surface area (Å²) in [6, 6.07) is 10.8. The zero-order valence-corrected chi connectivity index (χ0v) is 17.8. The second kappa shape index (κ2) is 7.56. The molecule has 0 radical (unpaired) electrons. The highest BCUT2D eigenvalue weighted by Gasteiger charge is 2.23. The van der Waals surface area contributed by atoms with Crippen LogP contribution < -0.4 is 10.2 Å². The maximum Gasteiger partial charge on any atom is 0.344 e. The van der Waals surface area contributed by atoms with Crippen molar-refractivity contribution in [3.8, 4) is 17.1 Å². The summed E-state index contributed by atoms with van der Waals surface area (Å²) in [4.78, 5) is 24.4. The number of carboxylic acids is 1. The van der Waals surface area contributed by atoms with Crippen molar-refractivity contribution in [1.29, 1.82) is 0 Å². The number of hydrogen-bond donors (Lipinski definition) is 1. The summed E-state index contributed by atoms with van der Waals surface area (Å²) in [6.45, 7) is 9.49. The van der Waals surface area contributed by atoms with E-state index in [1.54, 1.807) is 6.07 Å². The van der Waals surface area contributed by atoms with E-state index in [-0.39, 0.29) is 22.3 Å². The lowest BCUT2D eigenvalue weighted by molar-refractivity contribution is -0.144. The summed E-state index contributed by atoms with van der Waals surface area (Å²) in [7, 11) is 0. The number of hydrogen-bond acceptors (Lipinski definition) is 4. The minimum atomic E-state index is -1.22. The van der Waals surface area contributed by atoms with Gasteiger partial charge < -0.3 is 14.3 Å². The van der Waals surface area contributed by atoms with Crippen molar-refractivity contribution in [1.82, 2.24) is 0 Å². The Morgan fingerprint density at radius 3 is 2.34 bits per heavy atom. The number of aryl methyl sites for hydroxylation is 1. The Balaban J connectivity index is 2.27. The van der Waals surface area contributed by atoms with E-state index in [0.29, 0.717) is 16.2 Å². The number of aliphatic carboxylic acids is 1. The highest BCUT2D eigenvalue weighted by Crippen LogP contribution is 2.34. The lowest BCUT2D eigenvalue weighted by Crippen LogP contribution is -2.26. The molecule has 1 aromatic heterocycles. The second-order valence-corrected chi connectivity index (χ2v) is 8.52. The van der Waals surface area contributed by atoms with Gasteiger partial charge in [-0.25, -0.2) is 4.79 Å². The van der Waals surface area contributed by atoms with Crippen molar-refractivity contribution in [3.63, 3.8) is 0 Å². The maximum atomic E-state index is 13.1. The molecule has 29 heavy (non-hydrogen) atoms. The number of ether oxygens (including phenoxy) is 1. The smallest absolute Gasteiger partial charge is 0.344 e. The molecule has 0 saturated carbocycles.